The van der Waals surface area contributed by atoms with Crippen molar-refractivity contribution in [3.05, 3.63) is 56.8 Å². The molecule has 0 amide bonds. The van der Waals surface area contributed by atoms with E-state index < -0.39 is 5.82 Å². The summed E-state index contributed by atoms with van der Waals surface area (Å²) in [5.74, 6) is -0.364. The van der Waals surface area contributed by atoms with E-state index in [1.165, 1.54) is 11.1 Å². The lowest BCUT2D eigenvalue weighted by molar-refractivity contribution is 0.611. The van der Waals surface area contributed by atoms with E-state index in [2.05, 4.69) is 9.97 Å². The van der Waals surface area contributed by atoms with Gasteiger partial charge in [-0.05, 0) is 30.5 Å². The van der Waals surface area contributed by atoms with Crippen LogP contribution < -0.4 is 0 Å². The number of halogens is 3. The number of hydrogen-bond donors (Lipinski definition) is 0. The van der Waals surface area contributed by atoms with E-state index >= 15 is 0 Å². The van der Waals surface area contributed by atoms with Crippen molar-refractivity contribution in [3.63, 3.8) is 0 Å². The van der Waals surface area contributed by atoms with Crippen LogP contribution in [0, 0.1) is 19.7 Å². The Morgan fingerprint density at radius 1 is 1.06 bits per heavy atom. The largest absolute Gasteiger partial charge is 0.218 e. The maximum Gasteiger partial charge on any atom is 0.197 e. The first-order valence-electron chi connectivity index (χ1n) is 5.41. The summed E-state index contributed by atoms with van der Waals surface area (Å²) in [6.45, 7) is 4.07. The minimum Gasteiger partial charge on any atom is -0.218 e. The molecule has 1 heterocycles. The zero-order chi connectivity index (χ0) is 13.3. The molecular formula is C13H11Cl2FN2. The van der Waals surface area contributed by atoms with Crippen molar-refractivity contribution in [1.82, 2.24) is 9.97 Å². The van der Waals surface area contributed by atoms with E-state index in [1.807, 2.05) is 32.0 Å². The number of aryl methyl sites for hydroxylation is 2. The molecule has 2 rings (SSSR count). The molecule has 1 aromatic carbocycles. The average Bonchev–Trinajstić information content (AvgIpc) is 2.31. The Bertz CT molecular complexity index is 577. The summed E-state index contributed by atoms with van der Waals surface area (Å²) in [5.41, 5.74) is 3.44. The molecule has 0 fully saturated rings. The summed E-state index contributed by atoms with van der Waals surface area (Å²) in [5, 5.41) is -0.484. The van der Waals surface area contributed by atoms with Gasteiger partial charge < -0.3 is 0 Å². The van der Waals surface area contributed by atoms with Crippen LogP contribution in [0.1, 0.15) is 22.5 Å². The van der Waals surface area contributed by atoms with Crippen LogP contribution in [0.25, 0.3) is 0 Å². The van der Waals surface area contributed by atoms with Crippen molar-refractivity contribution < 1.29 is 4.39 Å². The highest BCUT2D eigenvalue weighted by atomic mass is 35.5. The third-order valence-corrected chi connectivity index (χ3v) is 3.25. The number of rotatable bonds is 2. The molecule has 0 N–H and O–H groups in total. The van der Waals surface area contributed by atoms with Crippen LogP contribution in [0.15, 0.2) is 18.2 Å². The molecule has 0 atom stereocenters. The normalized spacial score (nSPS) is 10.7. The molecule has 0 unspecified atom stereocenters. The monoisotopic (exact) mass is 284 g/mol. The van der Waals surface area contributed by atoms with Crippen LogP contribution in [0.5, 0.6) is 0 Å². The third kappa shape index (κ3) is 2.79. The molecule has 0 saturated carbocycles. The van der Waals surface area contributed by atoms with E-state index in [1.54, 1.807) is 0 Å². The van der Waals surface area contributed by atoms with Crippen molar-refractivity contribution >= 4 is 23.2 Å². The second kappa shape index (κ2) is 5.21. The van der Waals surface area contributed by atoms with Crippen molar-refractivity contribution in [3.8, 4) is 0 Å². The van der Waals surface area contributed by atoms with Crippen molar-refractivity contribution in [2.45, 2.75) is 20.3 Å². The van der Waals surface area contributed by atoms with Gasteiger partial charge in [-0.15, -0.1) is 0 Å². The van der Waals surface area contributed by atoms with Gasteiger partial charge in [0.25, 0.3) is 0 Å². The third-order valence-electron chi connectivity index (χ3n) is 2.75. The van der Waals surface area contributed by atoms with Gasteiger partial charge in [-0.25, -0.2) is 14.4 Å². The zero-order valence-electron chi connectivity index (χ0n) is 9.97. The topological polar surface area (TPSA) is 25.8 Å². The maximum absolute atomic E-state index is 13.2. The summed E-state index contributed by atoms with van der Waals surface area (Å²) in [6, 6.07) is 6.05. The van der Waals surface area contributed by atoms with Crippen LogP contribution in [0.4, 0.5) is 4.39 Å². The highest BCUT2D eigenvalue weighted by Gasteiger charge is 2.11. The molecule has 0 aliphatic rings. The Morgan fingerprint density at radius 3 is 2.22 bits per heavy atom. The van der Waals surface area contributed by atoms with E-state index in [0.717, 1.165) is 5.56 Å². The molecule has 5 heteroatoms. The predicted molar refractivity (Wildman–Crippen MR) is 70.7 cm³/mol. The second-order valence-electron chi connectivity index (χ2n) is 4.13. The Morgan fingerprint density at radius 2 is 1.67 bits per heavy atom. The van der Waals surface area contributed by atoms with Crippen LogP contribution in [0.3, 0.4) is 0 Å². The Balaban J connectivity index is 2.31. The Kier molecular flexibility index (Phi) is 3.83. The fourth-order valence-corrected chi connectivity index (χ4v) is 2.03. The predicted octanol–water partition coefficient (Wildman–Crippen LogP) is 4.13. The number of hydrogen-bond acceptors (Lipinski definition) is 2. The van der Waals surface area contributed by atoms with Gasteiger partial charge in [-0.2, -0.15) is 0 Å². The van der Waals surface area contributed by atoms with E-state index in [0.29, 0.717) is 12.2 Å². The maximum atomic E-state index is 13.2. The Hall–Kier alpha value is -1.19. The second-order valence-corrected chi connectivity index (χ2v) is 4.85. The minimum atomic E-state index is -0.776. The van der Waals surface area contributed by atoms with E-state index in [-0.39, 0.29) is 10.3 Å². The van der Waals surface area contributed by atoms with Gasteiger partial charge in [0.2, 0.25) is 0 Å². The van der Waals surface area contributed by atoms with E-state index in [9.17, 15) is 4.39 Å². The molecule has 0 aliphatic carbocycles. The highest BCUT2D eigenvalue weighted by molar-refractivity contribution is 6.33. The molecule has 0 saturated heterocycles. The molecule has 2 aromatic rings. The van der Waals surface area contributed by atoms with Gasteiger partial charge in [-0.1, -0.05) is 41.4 Å². The molecule has 18 heavy (non-hydrogen) atoms. The van der Waals surface area contributed by atoms with Gasteiger partial charge in [0, 0.05) is 6.42 Å². The summed E-state index contributed by atoms with van der Waals surface area (Å²) in [6.07, 6.45) is 0.473. The molecule has 0 aliphatic heterocycles. The molecule has 0 spiro atoms. The molecule has 1 aromatic heterocycles. The molecule has 2 nitrogen and oxygen atoms in total. The number of nitrogens with zero attached hydrogens (tertiary/aromatic N) is 2. The number of benzene rings is 1. The lowest BCUT2D eigenvalue weighted by atomic mass is 10.0. The summed E-state index contributed by atoms with van der Waals surface area (Å²) in [7, 11) is 0. The molecule has 0 radical (unpaired) electrons. The number of aromatic nitrogens is 2. The minimum absolute atomic E-state index is 0.242. The fraction of sp³-hybridized carbons (Fsp3) is 0.231. The van der Waals surface area contributed by atoms with Gasteiger partial charge >= 0.3 is 0 Å². The summed E-state index contributed by atoms with van der Waals surface area (Å²) >= 11 is 11.3. The van der Waals surface area contributed by atoms with Crippen molar-refractivity contribution in [2.24, 2.45) is 0 Å². The standard InChI is InChI=1S/C13H11Cl2FN2/c1-7-3-4-9(5-8(7)2)6-10-17-12(14)11(16)13(15)18-10/h3-5H,6H2,1-2H3. The Labute approximate surface area is 115 Å². The zero-order valence-corrected chi connectivity index (χ0v) is 11.5. The first kappa shape index (κ1) is 13.2. The van der Waals surface area contributed by atoms with Crippen LogP contribution in [-0.2, 0) is 6.42 Å². The quantitative estimate of drug-likeness (QED) is 0.775. The van der Waals surface area contributed by atoms with Crippen LogP contribution in [0.2, 0.25) is 10.3 Å². The lowest BCUT2D eigenvalue weighted by Gasteiger charge is -2.05. The van der Waals surface area contributed by atoms with Crippen molar-refractivity contribution in [2.75, 3.05) is 0 Å². The van der Waals surface area contributed by atoms with Crippen LogP contribution in [-0.4, -0.2) is 9.97 Å². The first-order valence-corrected chi connectivity index (χ1v) is 6.16. The molecule has 0 bridgehead atoms. The average molecular weight is 285 g/mol. The van der Waals surface area contributed by atoms with Gasteiger partial charge in [0.15, 0.2) is 16.1 Å². The smallest absolute Gasteiger partial charge is 0.197 e. The van der Waals surface area contributed by atoms with E-state index in [4.69, 9.17) is 23.2 Å². The summed E-state index contributed by atoms with van der Waals surface area (Å²) in [4.78, 5) is 7.75. The van der Waals surface area contributed by atoms with Gasteiger partial charge in [0.1, 0.15) is 5.82 Å². The first-order chi connectivity index (χ1) is 8.47. The van der Waals surface area contributed by atoms with Crippen molar-refractivity contribution in [1.29, 1.82) is 0 Å². The lowest BCUT2D eigenvalue weighted by Crippen LogP contribution is -2.00. The molecular weight excluding hydrogens is 274 g/mol. The fourth-order valence-electron chi connectivity index (χ4n) is 1.61. The highest BCUT2D eigenvalue weighted by Crippen LogP contribution is 2.20. The summed E-state index contributed by atoms with van der Waals surface area (Å²) < 4.78 is 13.2. The molecule has 94 valence electrons. The van der Waals surface area contributed by atoms with Crippen LogP contribution >= 0.6 is 23.2 Å². The van der Waals surface area contributed by atoms with Gasteiger partial charge in [-0.3, -0.25) is 0 Å². The van der Waals surface area contributed by atoms with Gasteiger partial charge in [0.05, 0.1) is 0 Å². The SMILES string of the molecule is Cc1ccc(Cc2nc(Cl)c(F)c(Cl)n2)cc1C.